The molecule has 0 saturated heterocycles. The first-order chi connectivity index (χ1) is 12.1. The van der Waals surface area contributed by atoms with Gasteiger partial charge in [-0.25, -0.2) is 13.1 Å². The van der Waals surface area contributed by atoms with Crippen LogP contribution in [0.1, 0.15) is 16.8 Å². The van der Waals surface area contributed by atoms with Gasteiger partial charge in [-0.3, -0.25) is 0 Å². The Hall–Kier alpha value is -2.68. The fraction of sp³-hybridized carbons (Fsp3) is 0.176. The third-order valence-electron chi connectivity index (χ3n) is 3.86. The van der Waals surface area contributed by atoms with Crippen molar-refractivity contribution in [3.63, 3.8) is 0 Å². The molecule has 0 aliphatic carbocycles. The SMILES string of the molecule is Cc1ccc(S(=O)(=O)c2nnn(-c3cccc(C(F)(F)F)c3)c2C)cc1. The molecule has 0 saturated carbocycles. The highest BCUT2D eigenvalue weighted by molar-refractivity contribution is 7.91. The van der Waals surface area contributed by atoms with E-state index in [1.165, 1.54) is 31.2 Å². The van der Waals surface area contributed by atoms with Crippen molar-refractivity contribution in [1.29, 1.82) is 0 Å². The average molecular weight is 381 g/mol. The number of sulfone groups is 1. The van der Waals surface area contributed by atoms with Crippen molar-refractivity contribution in [1.82, 2.24) is 15.0 Å². The lowest BCUT2D eigenvalue weighted by molar-refractivity contribution is -0.137. The smallest absolute Gasteiger partial charge is 0.217 e. The molecule has 0 fully saturated rings. The summed E-state index contributed by atoms with van der Waals surface area (Å²) in [6.45, 7) is 3.27. The van der Waals surface area contributed by atoms with Crippen LogP contribution in [0, 0.1) is 13.8 Å². The normalized spacial score (nSPS) is 12.3. The maximum Gasteiger partial charge on any atom is 0.416 e. The number of aryl methyl sites for hydroxylation is 1. The van der Waals surface area contributed by atoms with E-state index in [2.05, 4.69) is 10.3 Å². The Bertz CT molecular complexity index is 1060. The van der Waals surface area contributed by atoms with E-state index in [4.69, 9.17) is 0 Å². The molecule has 0 N–H and O–H groups in total. The van der Waals surface area contributed by atoms with Crippen molar-refractivity contribution in [2.75, 3.05) is 0 Å². The highest BCUT2D eigenvalue weighted by atomic mass is 32.2. The molecular weight excluding hydrogens is 367 g/mol. The summed E-state index contributed by atoms with van der Waals surface area (Å²) in [6, 6.07) is 10.7. The number of nitrogens with zero attached hydrogens (tertiary/aromatic N) is 3. The van der Waals surface area contributed by atoms with Gasteiger partial charge in [-0.05, 0) is 44.2 Å². The van der Waals surface area contributed by atoms with E-state index in [9.17, 15) is 21.6 Å². The second-order valence-corrected chi connectivity index (χ2v) is 7.62. The molecular formula is C17H14F3N3O2S. The van der Waals surface area contributed by atoms with Crippen molar-refractivity contribution in [2.24, 2.45) is 0 Å². The van der Waals surface area contributed by atoms with Crippen LogP contribution in [0.4, 0.5) is 13.2 Å². The van der Waals surface area contributed by atoms with Crippen LogP contribution in [0.15, 0.2) is 58.5 Å². The van der Waals surface area contributed by atoms with Crippen molar-refractivity contribution in [2.45, 2.75) is 29.9 Å². The summed E-state index contributed by atoms with van der Waals surface area (Å²) in [5, 5.41) is 7.14. The number of aromatic nitrogens is 3. The van der Waals surface area contributed by atoms with Crippen molar-refractivity contribution in [3.05, 3.63) is 65.4 Å². The minimum atomic E-state index is -4.51. The minimum Gasteiger partial charge on any atom is -0.217 e. The summed E-state index contributed by atoms with van der Waals surface area (Å²) >= 11 is 0. The van der Waals surface area contributed by atoms with Crippen molar-refractivity contribution in [3.8, 4) is 5.69 Å². The second-order valence-electron chi connectivity index (χ2n) is 5.76. The van der Waals surface area contributed by atoms with Crippen LogP contribution in [-0.2, 0) is 16.0 Å². The van der Waals surface area contributed by atoms with Crippen LogP contribution in [0.3, 0.4) is 0 Å². The van der Waals surface area contributed by atoms with Crippen LogP contribution >= 0.6 is 0 Å². The predicted octanol–water partition coefficient (Wildman–Crippen LogP) is 3.74. The molecule has 9 heteroatoms. The molecule has 5 nitrogen and oxygen atoms in total. The van der Waals surface area contributed by atoms with Gasteiger partial charge in [0.1, 0.15) is 0 Å². The van der Waals surface area contributed by atoms with Crippen molar-refractivity contribution < 1.29 is 21.6 Å². The Labute approximate surface area is 148 Å². The van der Waals surface area contributed by atoms with Crippen LogP contribution in [0.5, 0.6) is 0 Å². The molecule has 136 valence electrons. The molecule has 26 heavy (non-hydrogen) atoms. The Morgan fingerprint density at radius 3 is 2.27 bits per heavy atom. The number of hydrogen-bond donors (Lipinski definition) is 0. The zero-order valence-electron chi connectivity index (χ0n) is 13.8. The van der Waals surface area contributed by atoms with E-state index in [0.29, 0.717) is 0 Å². The van der Waals surface area contributed by atoms with E-state index in [1.807, 2.05) is 6.92 Å². The van der Waals surface area contributed by atoms with Gasteiger partial charge in [0, 0.05) is 0 Å². The summed E-state index contributed by atoms with van der Waals surface area (Å²) in [5.74, 6) is 0. The lowest BCUT2D eigenvalue weighted by Gasteiger charge is -2.09. The molecule has 3 rings (SSSR count). The number of alkyl halides is 3. The molecule has 0 radical (unpaired) electrons. The van der Waals surface area contributed by atoms with Gasteiger partial charge in [-0.2, -0.15) is 13.2 Å². The quantitative estimate of drug-likeness (QED) is 0.693. The van der Waals surface area contributed by atoms with Gasteiger partial charge in [0.15, 0.2) is 0 Å². The minimum absolute atomic E-state index is 0.0438. The van der Waals surface area contributed by atoms with Crippen LogP contribution in [-0.4, -0.2) is 23.4 Å². The molecule has 0 aliphatic rings. The van der Waals surface area contributed by atoms with E-state index in [-0.39, 0.29) is 21.3 Å². The number of hydrogen-bond acceptors (Lipinski definition) is 4. The van der Waals surface area contributed by atoms with Gasteiger partial charge in [0.2, 0.25) is 14.9 Å². The first-order valence-corrected chi connectivity index (χ1v) is 9.01. The maximum absolute atomic E-state index is 12.9. The Morgan fingerprint density at radius 2 is 1.65 bits per heavy atom. The molecule has 3 aromatic rings. The van der Waals surface area contributed by atoms with E-state index in [0.717, 1.165) is 22.4 Å². The topological polar surface area (TPSA) is 64.8 Å². The summed E-state index contributed by atoms with van der Waals surface area (Å²) in [6.07, 6.45) is -4.51. The lowest BCUT2D eigenvalue weighted by Crippen LogP contribution is -2.08. The lowest BCUT2D eigenvalue weighted by atomic mass is 10.2. The zero-order valence-corrected chi connectivity index (χ0v) is 14.6. The fourth-order valence-electron chi connectivity index (χ4n) is 2.45. The molecule has 0 unspecified atom stereocenters. The van der Waals surface area contributed by atoms with Crippen LogP contribution in [0.25, 0.3) is 5.69 Å². The Morgan fingerprint density at radius 1 is 1.00 bits per heavy atom. The van der Waals surface area contributed by atoms with E-state index >= 15 is 0 Å². The summed E-state index contributed by atoms with van der Waals surface area (Å²) < 4.78 is 65.2. The highest BCUT2D eigenvalue weighted by Crippen LogP contribution is 2.31. The fourth-order valence-corrected chi connectivity index (χ4v) is 3.79. The average Bonchev–Trinajstić information content (AvgIpc) is 2.97. The Kier molecular flexibility index (Phi) is 4.35. The third-order valence-corrected chi connectivity index (χ3v) is 5.63. The standard InChI is InChI=1S/C17H14F3N3O2S/c1-11-6-8-15(9-7-11)26(24,25)16-12(2)23(22-21-16)14-5-3-4-13(10-14)17(18,19)20/h3-10H,1-2H3. The van der Waals surface area contributed by atoms with Crippen LogP contribution in [0.2, 0.25) is 0 Å². The van der Waals surface area contributed by atoms with E-state index < -0.39 is 21.6 Å². The summed E-state index contributed by atoms with van der Waals surface area (Å²) in [5.41, 5.74) is 0.251. The molecule has 2 aromatic carbocycles. The first-order valence-electron chi connectivity index (χ1n) is 7.52. The van der Waals surface area contributed by atoms with Crippen LogP contribution < -0.4 is 0 Å². The molecule has 0 aliphatic heterocycles. The number of halogens is 3. The maximum atomic E-state index is 12.9. The highest BCUT2D eigenvalue weighted by Gasteiger charge is 2.31. The van der Waals surface area contributed by atoms with Gasteiger partial charge in [0.05, 0.1) is 21.8 Å². The third kappa shape index (κ3) is 3.22. The van der Waals surface area contributed by atoms with Gasteiger partial charge < -0.3 is 0 Å². The second kappa shape index (κ2) is 6.24. The van der Waals surface area contributed by atoms with Gasteiger partial charge >= 0.3 is 6.18 Å². The van der Waals surface area contributed by atoms with Gasteiger partial charge in [-0.1, -0.05) is 29.0 Å². The summed E-state index contributed by atoms with van der Waals surface area (Å²) in [4.78, 5) is 0.0438. The van der Waals surface area contributed by atoms with Crippen molar-refractivity contribution >= 4 is 9.84 Å². The number of rotatable bonds is 3. The molecule has 1 aromatic heterocycles. The first kappa shape index (κ1) is 18.1. The molecule has 0 bridgehead atoms. The molecule has 0 amide bonds. The number of benzene rings is 2. The Balaban J connectivity index is 2.08. The van der Waals surface area contributed by atoms with Gasteiger partial charge in [0.25, 0.3) is 0 Å². The molecule has 1 heterocycles. The van der Waals surface area contributed by atoms with Gasteiger partial charge in [-0.15, -0.1) is 5.10 Å². The predicted molar refractivity (Wildman–Crippen MR) is 87.7 cm³/mol. The largest absolute Gasteiger partial charge is 0.416 e. The zero-order chi connectivity index (χ0) is 19.1. The summed E-state index contributed by atoms with van der Waals surface area (Å²) in [7, 11) is -3.93. The van der Waals surface area contributed by atoms with E-state index in [1.54, 1.807) is 12.1 Å². The molecule has 0 spiro atoms. The molecule has 0 atom stereocenters. The monoisotopic (exact) mass is 381 g/mol.